The zero-order valence-corrected chi connectivity index (χ0v) is 13.2. The van der Waals surface area contributed by atoms with Crippen LogP contribution in [0.2, 0.25) is 0 Å². The van der Waals surface area contributed by atoms with Gasteiger partial charge in [0.25, 0.3) is 0 Å². The van der Waals surface area contributed by atoms with Gasteiger partial charge in [0, 0.05) is 5.56 Å². The highest BCUT2D eigenvalue weighted by Gasteiger charge is 2.19. The summed E-state index contributed by atoms with van der Waals surface area (Å²) in [4.78, 5) is 23.8. The molecule has 0 saturated carbocycles. The molecule has 122 valence electrons. The van der Waals surface area contributed by atoms with Gasteiger partial charge < -0.3 is 19.1 Å². The Bertz CT molecular complexity index is 954. The Balaban J connectivity index is 2.26. The number of carbonyl (C=O) groups is 1. The Kier molecular flexibility index (Phi) is 4.08. The molecule has 0 N–H and O–H groups in total. The van der Waals surface area contributed by atoms with Crippen molar-refractivity contribution in [2.45, 2.75) is 20.0 Å². The van der Waals surface area contributed by atoms with Gasteiger partial charge in [-0.1, -0.05) is 42.0 Å². The van der Waals surface area contributed by atoms with Gasteiger partial charge in [-0.15, -0.1) is 0 Å². The highest BCUT2D eigenvalue weighted by Crippen LogP contribution is 2.31. The molecule has 24 heavy (non-hydrogen) atoms. The smallest absolute Gasteiger partial charge is 0.235 e. The number of hydrogen-bond donors (Lipinski definition) is 0. The van der Waals surface area contributed by atoms with E-state index in [1.807, 2.05) is 19.1 Å². The summed E-state index contributed by atoms with van der Waals surface area (Å²) in [5.41, 5.74) is 1.67. The molecule has 0 saturated heterocycles. The third-order valence-corrected chi connectivity index (χ3v) is 3.70. The topological polar surface area (TPSA) is 79.6 Å². The highest BCUT2D eigenvalue weighted by atomic mass is 16.5. The fourth-order valence-corrected chi connectivity index (χ4v) is 2.35. The molecule has 0 amide bonds. The van der Waals surface area contributed by atoms with Gasteiger partial charge in [0.05, 0.1) is 11.4 Å². The second-order valence-corrected chi connectivity index (χ2v) is 5.53. The van der Waals surface area contributed by atoms with E-state index in [2.05, 4.69) is 0 Å². The molecule has 0 fully saturated rings. The second kappa shape index (κ2) is 6.20. The van der Waals surface area contributed by atoms with E-state index in [0.717, 1.165) is 5.56 Å². The van der Waals surface area contributed by atoms with Crippen LogP contribution >= 0.6 is 0 Å². The van der Waals surface area contributed by atoms with Crippen LogP contribution in [0.1, 0.15) is 12.5 Å². The monoisotopic (exact) mass is 323 g/mol. The van der Waals surface area contributed by atoms with Crippen molar-refractivity contribution < 1.29 is 19.1 Å². The normalized spacial score (nSPS) is 12.1. The van der Waals surface area contributed by atoms with E-state index in [-0.39, 0.29) is 11.5 Å². The lowest BCUT2D eigenvalue weighted by atomic mass is 10.1. The van der Waals surface area contributed by atoms with Crippen molar-refractivity contribution in [1.29, 1.82) is 0 Å². The fourth-order valence-electron chi connectivity index (χ4n) is 2.35. The molecule has 1 unspecified atom stereocenters. The molecule has 0 aliphatic rings. The Hall–Kier alpha value is -3.08. The van der Waals surface area contributed by atoms with Crippen molar-refractivity contribution in [3.63, 3.8) is 0 Å². The van der Waals surface area contributed by atoms with Crippen LogP contribution < -0.4 is 15.3 Å². The van der Waals surface area contributed by atoms with Crippen LogP contribution in [0.4, 0.5) is 0 Å². The molecular weight excluding hydrogens is 308 g/mol. The van der Waals surface area contributed by atoms with Crippen LogP contribution in [0.5, 0.6) is 5.75 Å². The molecule has 1 heterocycles. The third-order valence-electron chi connectivity index (χ3n) is 3.70. The summed E-state index contributed by atoms with van der Waals surface area (Å²) in [6.07, 6.45) is -1.28. The SMILES string of the molecule is Cc1ccc(-c2oc3ccccc3c(=O)c2OC(C)C(=O)[O-])cc1. The van der Waals surface area contributed by atoms with Gasteiger partial charge >= 0.3 is 0 Å². The van der Waals surface area contributed by atoms with E-state index in [0.29, 0.717) is 16.5 Å². The number of fused-ring (bicyclic) bond motifs is 1. The predicted octanol–water partition coefficient (Wildman–Crippen LogP) is 2.29. The molecule has 0 bridgehead atoms. The lowest BCUT2D eigenvalue weighted by Crippen LogP contribution is -2.38. The van der Waals surface area contributed by atoms with Crippen molar-refractivity contribution in [1.82, 2.24) is 0 Å². The van der Waals surface area contributed by atoms with Gasteiger partial charge in [-0.05, 0) is 26.0 Å². The summed E-state index contributed by atoms with van der Waals surface area (Å²) in [5, 5.41) is 11.3. The summed E-state index contributed by atoms with van der Waals surface area (Å²) in [6.45, 7) is 3.25. The highest BCUT2D eigenvalue weighted by molar-refractivity contribution is 5.82. The quantitative estimate of drug-likeness (QED) is 0.736. The zero-order chi connectivity index (χ0) is 17.3. The number of carboxylic acids is 1. The molecule has 0 radical (unpaired) electrons. The first-order valence-corrected chi connectivity index (χ1v) is 7.48. The largest absolute Gasteiger partial charge is 0.546 e. The third kappa shape index (κ3) is 2.88. The number of benzene rings is 2. The summed E-state index contributed by atoms with van der Waals surface area (Å²) in [7, 11) is 0. The number of hydrogen-bond acceptors (Lipinski definition) is 5. The Labute approximate surface area is 138 Å². The van der Waals surface area contributed by atoms with Crippen molar-refractivity contribution in [2.75, 3.05) is 0 Å². The van der Waals surface area contributed by atoms with E-state index in [9.17, 15) is 14.7 Å². The Morgan fingerprint density at radius 3 is 2.46 bits per heavy atom. The van der Waals surface area contributed by atoms with E-state index in [1.54, 1.807) is 36.4 Å². The molecule has 3 aromatic rings. The first kappa shape index (κ1) is 15.8. The second-order valence-electron chi connectivity index (χ2n) is 5.53. The van der Waals surface area contributed by atoms with Crippen molar-refractivity contribution in [3.05, 3.63) is 64.3 Å². The molecule has 1 aromatic heterocycles. The summed E-state index contributed by atoms with van der Waals surface area (Å²) in [5.74, 6) is -1.33. The van der Waals surface area contributed by atoms with Crippen molar-refractivity contribution in [3.8, 4) is 17.1 Å². The van der Waals surface area contributed by atoms with Crippen LogP contribution in [0, 0.1) is 6.92 Å². The van der Waals surface area contributed by atoms with Gasteiger partial charge in [0.2, 0.25) is 11.2 Å². The minimum absolute atomic E-state index is 0.130. The van der Waals surface area contributed by atoms with E-state index >= 15 is 0 Å². The molecule has 3 rings (SSSR count). The minimum Gasteiger partial charge on any atom is -0.546 e. The number of carboxylic acid groups (broad SMARTS) is 1. The van der Waals surface area contributed by atoms with Gasteiger partial charge in [-0.3, -0.25) is 4.79 Å². The van der Waals surface area contributed by atoms with E-state index in [1.165, 1.54) is 6.92 Å². The van der Waals surface area contributed by atoms with Crippen LogP contribution in [0.25, 0.3) is 22.3 Å². The van der Waals surface area contributed by atoms with Crippen LogP contribution in [-0.4, -0.2) is 12.1 Å². The van der Waals surface area contributed by atoms with Gasteiger partial charge in [0.1, 0.15) is 11.7 Å². The number of rotatable bonds is 4. The first-order chi connectivity index (χ1) is 11.5. The summed E-state index contributed by atoms with van der Waals surface area (Å²) >= 11 is 0. The number of aryl methyl sites for hydroxylation is 1. The summed E-state index contributed by atoms with van der Waals surface area (Å²) < 4.78 is 11.2. The molecule has 1 atom stereocenters. The average Bonchev–Trinajstić information content (AvgIpc) is 2.58. The maximum Gasteiger partial charge on any atom is 0.235 e. The first-order valence-electron chi connectivity index (χ1n) is 7.48. The minimum atomic E-state index is -1.41. The number of ether oxygens (including phenoxy) is 1. The zero-order valence-electron chi connectivity index (χ0n) is 13.2. The molecule has 2 aromatic carbocycles. The van der Waals surface area contributed by atoms with E-state index < -0.39 is 17.5 Å². The average molecular weight is 323 g/mol. The molecule has 0 aliphatic heterocycles. The fraction of sp³-hybridized carbons (Fsp3) is 0.158. The van der Waals surface area contributed by atoms with Gasteiger partial charge in [-0.2, -0.15) is 0 Å². The maximum atomic E-state index is 12.7. The maximum absolute atomic E-state index is 12.7. The predicted molar refractivity (Wildman–Crippen MR) is 87.8 cm³/mol. The molecule has 5 nitrogen and oxygen atoms in total. The molecular formula is C19H15O5-. The Morgan fingerprint density at radius 2 is 1.79 bits per heavy atom. The van der Waals surface area contributed by atoms with Crippen LogP contribution in [0.15, 0.2) is 57.7 Å². The van der Waals surface area contributed by atoms with Gasteiger partial charge in [0.15, 0.2) is 5.76 Å². The van der Waals surface area contributed by atoms with Crippen molar-refractivity contribution >= 4 is 16.9 Å². The lowest BCUT2D eigenvalue weighted by molar-refractivity contribution is -0.312. The van der Waals surface area contributed by atoms with Crippen LogP contribution in [0.3, 0.4) is 0 Å². The standard InChI is InChI=1S/C19H16O5/c1-11-7-9-13(10-8-11)17-18(23-12(2)19(21)22)16(20)14-5-3-4-6-15(14)24-17/h3-10,12H,1-2H3,(H,21,22)/p-1. The number of carbonyl (C=O) groups excluding carboxylic acids is 1. The molecule has 5 heteroatoms. The Morgan fingerprint density at radius 1 is 1.12 bits per heavy atom. The molecule has 0 aliphatic carbocycles. The molecule has 0 spiro atoms. The summed E-state index contributed by atoms with van der Waals surface area (Å²) in [6, 6.07) is 14.1. The van der Waals surface area contributed by atoms with Crippen molar-refractivity contribution in [2.24, 2.45) is 0 Å². The van der Waals surface area contributed by atoms with Gasteiger partial charge in [-0.25, -0.2) is 0 Å². The number of aliphatic carboxylic acids is 1. The lowest BCUT2D eigenvalue weighted by Gasteiger charge is -2.17. The van der Waals surface area contributed by atoms with E-state index in [4.69, 9.17) is 9.15 Å². The number of para-hydroxylation sites is 1. The van der Waals surface area contributed by atoms with Crippen LogP contribution in [-0.2, 0) is 4.79 Å².